The number of nitrogens with zero attached hydrogens (tertiary/aromatic N) is 3. The molecule has 124 valence electrons. The lowest BCUT2D eigenvalue weighted by Gasteiger charge is -2.26. The molecule has 1 rings (SSSR count). The Labute approximate surface area is 130 Å². The minimum atomic E-state index is 0.291. The number of amides is 1. The van der Waals surface area contributed by atoms with Crippen molar-refractivity contribution in [1.82, 2.24) is 20.0 Å². The number of likely N-dealkylation sites (N-methyl/N-ethyl adjacent to an activating group) is 1. The number of rotatable bonds is 9. The Morgan fingerprint density at radius 2 is 1.81 bits per heavy atom. The molecule has 1 heterocycles. The fourth-order valence-corrected chi connectivity index (χ4v) is 2.84. The van der Waals surface area contributed by atoms with Crippen LogP contribution in [0, 0.1) is 0 Å². The van der Waals surface area contributed by atoms with Gasteiger partial charge in [-0.25, -0.2) is 0 Å². The van der Waals surface area contributed by atoms with Gasteiger partial charge in [0, 0.05) is 26.2 Å². The van der Waals surface area contributed by atoms with Gasteiger partial charge in [0.05, 0.1) is 6.54 Å². The Bertz CT molecular complexity index is 273. The summed E-state index contributed by atoms with van der Waals surface area (Å²) in [5.74, 6) is 0.291. The van der Waals surface area contributed by atoms with Gasteiger partial charge >= 0.3 is 0 Å². The summed E-state index contributed by atoms with van der Waals surface area (Å²) in [4.78, 5) is 19.1. The molecule has 21 heavy (non-hydrogen) atoms. The first-order chi connectivity index (χ1) is 10.2. The summed E-state index contributed by atoms with van der Waals surface area (Å²) in [6, 6.07) is 0. The maximum Gasteiger partial charge on any atom is 0.236 e. The second-order valence-electron chi connectivity index (χ2n) is 5.73. The molecule has 0 saturated carbocycles. The van der Waals surface area contributed by atoms with Crippen LogP contribution in [-0.2, 0) is 4.79 Å². The molecule has 1 fully saturated rings. The van der Waals surface area contributed by atoms with Crippen LogP contribution >= 0.6 is 0 Å². The molecule has 0 unspecified atom stereocenters. The van der Waals surface area contributed by atoms with Crippen LogP contribution in [0.25, 0.3) is 0 Å². The zero-order valence-electron chi connectivity index (χ0n) is 14.2. The summed E-state index contributed by atoms with van der Waals surface area (Å²) in [5, 5.41) is 3.38. The standard InChI is InChI=1S/C16H34N4O/c1-4-18(5-2)12-8-13-20(6-3)16(21)15-19-11-7-9-17-10-14-19/h17H,4-15H2,1-3H3. The summed E-state index contributed by atoms with van der Waals surface area (Å²) in [7, 11) is 0. The SMILES string of the molecule is CCN(CC)CCCN(CC)C(=O)CN1CCCNCC1. The molecule has 0 bridgehead atoms. The summed E-state index contributed by atoms with van der Waals surface area (Å²) in [6.07, 6.45) is 2.21. The van der Waals surface area contributed by atoms with Crippen molar-refractivity contribution in [3.05, 3.63) is 0 Å². The Morgan fingerprint density at radius 3 is 2.48 bits per heavy atom. The maximum atomic E-state index is 12.4. The van der Waals surface area contributed by atoms with Crippen molar-refractivity contribution in [1.29, 1.82) is 0 Å². The number of hydrogen-bond donors (Lipinski definition) is 1. The van der Waals surface area contributed by atoms with Crippen molar-refractivity contribution < 1.29 is 4.79 Å². The lowest BCUT2D eigenvalue weighted by molar-refractivity contribution is -0.132. The highest BCUT2D eigenvalue weighted by molar-refractivity contribution is 5.78. The van der Waals surface area contributed by atoms with E-state index in [0.717, 1.165) is 71.7 Å². The average molecular weight is 298 g/mol. The van der Waals surface area contributed by atoms with E-state index < -0.39 is 0 Å². The van der Waals surface area contributed by atoms with Gasteiger partial charge < -0.3 is 15.1 Å². The summed E-state index contributed by atoms with van der Waals surface area (Å²) < 4.78 is 0. The zero-order chi connectivity index (χ0) is 15.5. The number of carbonyl (C=O) groups is 1. The smallest absolute Gasteiger partial charge is 0.236 e. The van der Waals surface area contributed by atoms with E-state index >= 15 is 0 Å². The molecule has 0 aromatic carbocycles. The molecule has 5 nitrogen and oxygen atoms in total. The molecule has 1 N–H and O–H groups in total. The third kappa shape index (κ3) is 7.25. The van der Waals surface area contributed by atoms with Crippen LogP contribution < -0.4 is 5.32 Å². The first-order valence-corrected chi connectivity index (χ1v) is 8.64. The first-order valence-electron chi connectivity index (χ1n) is 8.64. The Hall–Kier alpha value is -0.650. The molecular formula is C16H34N4O. The van der Waals surface area contributed by atoms with Crippen LogP contribution in [0.2, 0.25) is 0 Å². The van der Waals surface area contributed by atoms with Crippen molar-refractivity contribution in [2.75, 3.05) is 65.4 Å². The van der Waals surface area contributed by atoms with E-state index in [-0.39, 0.29) is 0 Å². The predicted molar refractivity (Wildman–Crippen MR) is 88.6 cm³/mol. The molecule has 0 aromatic heterocycles. The minimum Gasteiger partial charge on any atom is -0.342 e. The number of nitrogens with one attached hydrogen (secondary N) is 1. The molecular weight excluding hydrogens is 264 g/mol. The van der Waals surface area contributed by atoms with Gasteiger partial charge in [0.1, 0.15) is 0 Å². The highest BCUT2D eigenvalue weighted by Gasteiger charge is 2.17. The first kappa shape index (κ1) is 18.4. The van der Waals surface area contributed by atoms with Crippen LogP contribution in [0.4, 0.5) is 0 Å². The van der Waals surface area contributed by atoms with Crippen molar-refractivity contribution in [3.63, 3.8) is 0 Å². The molecule has 1 amide bonds. The van der Waals surface area contributed by atoms with Crippen LogP contribution in [-0.4, -0.2) is 86.1 Å². The third-order valence-corrected chi connectivity index (χ3v) is 4.32. The Morgan fingerprint density at radius 1 is 1.05 bits per heavy atom. The van der Waals surface area contributed by atoms with Crippen LogP contribution in [0.3, 0.4) is 0 Å². The number of carbonyl (C=O) groups excluding carboxylic acids is 1. The highest BCUT2D eigenvalue weighted by Crippen LogP contribution is 2.00. The van der Waals surface area contributed by atoms with Crippen molar-refractivity contribution in [3.8, 4) is 0 Å². The Balaban J connectivity index is 2.31. The number of hydrogen-bond acceptors (Lipinski definition) is 4. The third-order valence-electron chi connectivity index (χ3n) is 4.32. The fourth-order valence-electron chi connectivity index (χ4n) is 2.84. The molecule has 5 heteroatoms. The maximum absolute atomic E-state index is 12.4. The van der Waals surface area contributed by atoms with E-state index in [4.69, 9.17) is 0 Å². The van der Waals surface area contributed by atoms with E-state index in [1.807, 2.05) is 4.90 Å². The van der Waals surface area contributed by atoms with Gasteiger partial charge in [0.2, 0.25) is 5.91 Å². The Kier molecular flexibility index (Phi) is 9.63. The molecule has 1 aliphatic heterocycles. The molecule has 1 saturated heterocycles. The largest absolute Gasteiger partial charge is 0.342 e. The zero-order valence-corrected chi connectivity index (χ0v) is 14.2. The van der Waals surface area contributed by atoms with Crippen LogP contribution in [0.15, 0.2) is 0 Å². The molecule has 0 aromatic rings. The van der Waals surface area contributed by atoms with Crippen molar-refractivity contribution >= 4 is 5.91 Å². The van der Waals surface area contributed by atoms with Gasteiger partial charge in [-0.3, -0.25) is 9.69 Å². The van der Waals surface area contributed by atoms with E-state index in [1.165, 1.54) is 0 Å². The quantitative estimate of drug-likeness (QED) is 0.685. The van der Waals surface area contributed by atoms with Gasteiger partial charge in [-0.2, -0.15) is 0 Å². The topological polar surface area (TPSA) is 38.8 Å². The van der Waals surface area contributed by atoms with Crippen LogP contribution in [0.1, 0.15) is 33.6 Å². The van der Waals surface area contributed by atoms with Gasteiger partial charge in [-0.15, -0.1) is 0 Å². The highest BCUT2D eigenvalue weighted by atomic mass is 16.2. The van der Waals surface area contributed by atoms with Crippen molar-refractivity contribution in [2.24, 2.45) is 0 Å². The second kappa shape index (κ2) is 11.0. The van der Waals surface area contributed by atoms with Gasteiger partial charge in [0.25, 0.3) is 0 Å². The molecule has 0 spiro atoms. The minimum absolute atomic E-state index is 0.291. The van der Waals surface area contributed by atoms with Crippen LogP contribution in [0.5, 0.6) is 0 Å². The van der Waals surface area contributed by atoms with E-state index in [0.29, 0.717) is 12.5 Å². The second-order valence-corrected chi connectivity index (χ2v) is 5.73. The van der Waals surface area contributed by atoms with E-state index in [9.17, 15) is 4.79 Å². The van der Waals surface area contributed by atoms with Gasteiger partial charge in [-0.1, -0.05) is 13.8 Å². The predicted octanol–water partition coefficient (Wildman–Crippen LogP) is 0.862. The van der Waals surface area contributed by atoms with E-state index in [1.54, 1.807) is 0 Å². The summed E-state index contributed by atoms with van der Waals surface area (Å²) >= 11 is 0. The summed E-state index contributed by atoms with van der Waals surface area (Å²) in [5.41, 5.74) is 0. The monoisotopic (exact) mass is 298 g/mol. The molecule has 0 atom stereocenters. The van der Waals surface area contributed by atoms with E-state index in [2.05, 4.69) is 35.9 Å². The van der Waals surface area contributed by atoms with Crippen molar-refractivity contribution in [2.45, 2.75) is 33.6 Å². The fraction of sp³-hybridized carbons (Fsp3) is 0.938. The van der Waals surface area contributed by atoms with Gasteiger partial charge in [-0.05, 0) is 52.5 Å². The lowest BCUT2D eigenvalue weighted by Crippen LogP contribution is -2.42. The normalized spacial score (nSPS) is 17.0. The lowest BCUT2D eigenvalue weighted by atomic mass is 10.3. The average Bonchev–Trinajstić information content (AvgIpc) is 2.76. The summed E-state index contributed by atoms with van der Waals surface area (Å²) in [6.45, 7) is 16.1. The molecule has 0 radical (unpaired) electrons. The molecule has 0 aliphatic carbocycles. The molecule has 1 aliphatic rings. The van der Waals surface area contributed by atoms with Gasteiger partial charge in [0.15, 0.2) is 0 Å².